The Bertz CT molecular complexity index is 780. The van der Waals surface area contributed by atoms with Crippen LogP contribution in [-0.4, -0.2) is 19.2 Å². The molecule has 0 heterocycles. The molecule has 2 rings (SSSR count). The van der Waals surface area contributed by atoms with Gasteiger partial charge in [-0.15, -0.1) is 6.58 Å². The van der Waals surface area contributed by atoms with Gasteiger partial charge in [0.25, 0.3) is 0 Å². The van der Waals surface area contributed by atoms with E-state index in [1.165, 1.54) is 25.7 Å². The van der Waals surface area contributed by atoms with Crippen LogP contribution in [0.25, 0.3) is 0 Å². The van der Waals surface area contributed by atoms with Crippen LogP contribution in [-0.2, 0) is 0 Å². The van der Waals surface area contributed by atoms with E-state index in [1.54, 1.807) is 24.3 Å². The van der Waals surface area contributed by atoms with E-state index in [2.05, 4.69) is 20.4 Å². The van der Waals surface area contributed by atoms with Gasteiger partial charge >= 0.3 is 5.97 Å². The van der Waals surface area contributed by atoms with E-state index in [1.807, 2.05) is 30.3 Å². The Kier molecular flexibility index (Phi) is 12.1. The third-order valence-corrected chi connectivity index (χ3v) is 5.50. The molecule has 0 radical (unpaired) electrons. The first-order valence-electron chi connectivity index (χ1n) is 11.9. The predicted molar refractivity (Wildman–Crippen MR) is 131 cm³/mol. The summed E-state index contributed by atoms with van der Waals surface area (Å²) in [6.07, 6.45) is 11.0. The van der Waals surface area contributed by atoms with Crippen LogP contribution in [0.4, 0.5) is 0 Å². The van der Waals surface area contributed by atoms with Crippen molar-refractivity contribution in [3.05, 3.63) is 66.7 Å². The molecule has 0 N–H and O–H groups in total. The van der Waals surface area contributed by atoms with Gasteiger partial charge in [-0.2, -0.15) is 0 Å². The van der Waals surface area contributed by atoms with Crippen LogP contribution in [0.3, 0.4) is 0 Å². The minimum atomic E-state index is -0.388. The zero-order valence-corrected chi connectivity index (χ0v) is 19.7. The van der Waals surface area contributed by atoms with Crippen molar-refractivity contribution >= 4 is 5.97 Å². The monoisotopic (exact) mass is 438 g/mol. The van der Waals surface area contributed by atoms with E-state index in [4.69, 9.17) is 14.2 Å². The van der Waals surface area contributed by atoms with Crippen molar-refractivity contribution in [2.75, 3.05) is 13.2 Å². The Morgan fingerprint density at radius 1 is 0.844 bits per heavy atom. The molecule has 0 aliphatic carbocycles. The van der Waals surface area contributed by atoms with Gasteiger partial charge in [-0.25, -0.2) is 4.79 Å². The zero-order valence-electron chi connectivity index (χ0n) is 19.7. The lowest BCUT2D eigenvalue weighted by Gasteiger charge is -2.10. The molecule has 0 amide bonds. The number of allylic oxidation sites excluding steroid dienone is 1. The fourth-order valence-electron chi connectivity index (χ4n) is 3.22. The fraction of sp³-hybridized carbons (Fsp3) is 0.464. The molecule has 0 spiro atoms. The molecule has 0 aliphatic heterocycles. The van der Waals surface area contributed by atoms with Gasteiger partial charge in [0.2, 0.25) is 0 Å². The largest absolute Gasteiger partial charge is 0.494 e. The Hall–Kier alpha value is -2.75. The van der Waals surface area contributed by atoms with Gasteiger partial charge < -0.3 is 14.2 Å². The number of unbranched alkanes of at least 4 members (excludes halogenated alkanes) is 4. The Labute approximate surface area is 193 Å². The smallest absolute Gasteiger partial charge is 0.343 e. The average Bonchev–Trinajstić information content (AvgIpc) is 2.82. The highest BCUT2D eigenvalue weighted by atomic mass is 16.5. The van der Waals surface area contributed by atoms with Crippen molar-refractivity contribution in [3.63, 3.8) is 0 Å². The first kappa shape index (κ1) is 25.5. The van der Waals surface area contributed by atoms with Crippen molar-refractivity contribution in [1.82, 2.24) is 0 Å². The van der Waals surface area contributed by atoms with E-state index >= 15 is 0 Å². The Balaban J connectivity index is 1.70. The van der Waals surface area contributed by atoms with Gasteiger partial charge in [-0.3, -0.25) is 0 Å². The summed E-state index contributed by atoms with van der Waals surface area (Å²) in [6.45, 7) is 9.60. The number of ether oxygens (including phenoxy) is 3. The number of benzene rings is 2. The van der Waals surface area contributed by atoms with Crippen molar-refractivity contribution < 1.29 is 19.0 Å². The maximum absolute atomic E-state index is 12.4. The highest BCUT2D eigenvalue weighted by Crippen LogP contribution is 2.20. The molecule has 0 fully saturated rings. The average molecular weight is 439 g/mol. The van der Waals surface area contributed by atoms with Gasteiger partial charge in [-0.05, 0) is 86.6 Å². The van der Waals surface area contributed by atoms with Crippen molar-refractivity contribution in [2.45, 2.75) is 65.2 Å². The van der Waals surface area contributed by atoms with Gasteiger partial charge in [0.1, 0.15) is 17.2 Å². The van der Waals surface area contributed by atoms with Crippen LogP contribution >= 0.6 is 0 Å². The molecule has 1 unspecified atom stereocenters. The van der Waals surface area contributed by atoms with E-state index in [9.17, 15) is 4.79 Å². The third kappa shape index (κ3) is 10.0. The number of hydrogen-bond donors (Lipinski definition) is 0. The molecule has 32 heavy (non-hydrogen) atoms. The van der Waals surface area contributed by atoms with Gasteiger partial charge in [0.05, 0.1) is 18.8 Å². The highest BCUT2D eigenvalue weighted by Gasteiger charge is 2.09. The van der Waals surface area contributed by atoms with Crippen molar-refractivity contribution in [2.24, 2.45) is 5.92 Å². The standard InChI is InChI=1S/C28H38O4/c1-4-6-7-8-9-10-21-30-25-15-13-24(14-16-25)28(29)32-27-19-17-26(18-20-27)31-22-11-12-23(3)5-2/h4,13-20,23H,1,5-12,21-22H2,2-3H3. The molecule has 2 aromatic rings. The number of hydrogen-bond acceptors (Lipinski definition) is 4. The third-order valence-electron chi connectivity index (χ3n) is 5.50. The molecule has 0 bridgehead atoms. The Morgan fingerprint density at radius 2 is 1.41 bits per heavy atom. The van der Waals surface area contributed by atoms with Crippen molar-refractivity contribution in [1.29, 1.82) is 0 Å². The summed E-state index contributed by atoms with van der Waals surface area (Å²) >= 11 is 0. The fourth-order valence-corrected chi connectivity index (χ4v) is 3.22. The van der Waals surface area contributed by atoms with Crippen LogP contribution in [0.15, 0.2) is 61.2 Å². The second-order valence-corrected chi connectivity index (χ2v) is 8.23. The molecule has 1 atom stereocenters. The van der Waals surface area contributed by atoms with Crippen molar-refractivity contribution in [3.8, 4) is 17.2 Å². The SMILES string of the molecule is C=CCCCCCCOc1ccc(C(=O)Oc2ccc(OCCCC(C)CC)cc2)cc1. The number of carbonyl (C=O) groups is 1. The summed E-state index contributed by atoms with van der Waals surface area (Å²) in [5.74, 6) is 2.40. The first-order valence-corrected chi connectivity index (χ1v) is 11.9. The summed E-state index contributed by atoms with van der Waals surface area (Å²) in [6, 6.07) is 14.3. The lowest BCUT2D eigenvalue weighted by Crippen LogP contribution is -2.08. The molecule has 2 aromatic carbocycles. The second kappa shape index (κ2) is 15.1. The molecule has 0 aromatic heterocycles. The molecule has 0 aliphatic rings. The van der Waals surface area contributed by atoms with Gasteiger partial charge in [-0.1, -0.05) is 39.2 Å². The first-order chi connectivity index (χ1) is 15.6. The van der Waals surface area contributed by atoms with Crippen LogP contribution in [0.5, 0.6) is 17.2 Å². The predicted octanol–water partition coefficient (Wildman–Crippen LogP) is 7.63. The molecule has 0 saturated heterocycles. The number of carbonyl (C=O) groups excluding carboxylic acids is 1. The Morgan fingerprint density at radius 3 is 2.03 bits per heavy atom. The van der Waals surface area contributed by atoms with Gasteiger partial charge in [0, 0.05) is 0 Å². The lowest BCUT2D eigenvalue weighted by molar-refractivity contribution is 0.0734. The molecule has 4 heteroatoms. The lowest BCUT2D eigenvalue weighted by atomic mass is 10.0. The van der Waals surface area contributed by atoms with Crippen LogP contribution in [0.1, 0.15) is 75.6 Å². The minimum Gasteiger partial charge on any atom is -0.494 e. The quantitative estimate of drug-likeness (QED) is 0.117. The summed E-state index contributed by atoms with van der Waals surface area (Å²) in [7, 11) is 0. The summed E-state index contributed by atoms with van der Waals surface area (Å²) < 4.78 is 17.0. The van der Waals surface area contributed by atoms with E-state index in [0.29, 0.717) is 24.5 Å². The maximum Gasteiger partial charge on any atom is 0.343 e. The summed E-state index contributed by atoms with van der Waals surface area (Å²) in [5.41, 5.74) is 0.493. The van der Waals surface area contributed by atoms with Crippen LogP contribution in [0.2, 0.25) is 0 Å². The van der Waals surface area contributed by atoms with E-state index in [0.717, 1.165) is 43.1 Å². The number of rotatable bonds is 16. The molecular weight excluding hydrogens is 400 g/mol. The summed E-state index contributed by atoms with van der Waals surface area (Å²) in [5, 5.41) is 0. The van der Waals surface area contributed by atoms with E-state index < -0.39 is 0 Å². The molecule has 174 valence electrons. The summed E-state index contributed by atoms with van der Waals surface area (Å²) in [4.78, 5) is 12.4. The number of esters is 1. The van der Waals surface area contributed by atoms with Gasteiger partial charge in [0.15, 0.2) is 0 Å². The molecule has 0 saturated carbocycles. The normalized spacial score (nSPS) is 11.6. The maximum atomic E-state index is 12.4. The zero-order chi connectivity index (χ0) is 23.0. The van der Waals surface area contributed by atoms with Crippen LogP contribution < -0.4 is 14.2 Å². The van der Waals surface area contributed by atoms with Crippen LogP contribution in [0, 0.1) is 5.92 Å². The van der Waals surface area contributed by atoms with E-state index in [-0.39, 0.29) is 5.97 Å². The highest BCUT2D eigenvalue weighted by molar-refractivity contribution is 5.91. The molecule has 4 nitrogen and oxygen atoms in total. The topological polar surface area (TPSA) is 44.8 Å². The second-order valence-electron chi connectivity index (χ2n) is 8.23. The minimum absolute atomic E-state index is 0.388. The molecular formula is C28H38O4.